The quantitative estimate of drug-likeness (QED) is 0.392. The zero-order valence-corrected chi connectivity index (χ0v) is 16.1. The molecule has 0 amide bonds. The van der Waals surface area contributed by atoms with E-state index in [9.17, 15) is 0 Å². The second kappa shape index (κ2) is 11.8. The maximum Gasteiger partial charge on any atom is 0.0419 e. The minimum atomic E-state index is 0.521. The van der Waals surface area contributed by atoms with Gasteiger partial charge >= 0.3 is 0 Å². The smallest absolute Gasteiger partial charge is 0.0419 e. The van der Waals surface area contributed by atoms with Gasteiger partial charge in [0.25, 0.3) is 0 Å². The fourth-order valence-corrected chi connectivity index (χ4v) is 3.23. The summed E-state index contributed by atoms with van der Waals surface area (Å²) in [5, 5.41) is 7.88. The molecule has 0 spiro atoms. The molecule has 0 aromatic heterocycles. The average Bonchev–Trinajstić information content (AvgIpc) is 2.56. The van der Waals surface area contributed by atoms with Crippen LogP contribution in [-0.4, -0.2) is 5.71 Å². The van der Waals surface area contributed by atoms with Crippen LogP contribution < -0.4 is 5.73 Å². The maximum absolute atomic E-state index is 7.88. The molecule has 0 aliphatic heterocycles. The molecule has 0 atom stereocenters. The molecule has 126 valence electrons. The number of anilines is 1. The number of rotatable bonds is 4. The van der Waals surface area contributed by atoms with Crippen molar-refractivity contribution in [3.05, 3.63) is 59.2 Å². The standard InChI is InChI=1S/C16H18N2S.2C2H6/c1-11-8-14(18)16(12(2)17)15(9-11)19-10-13-6-4-3-5-7-13;2*1-2/h3-9,17H,10,18H2,1-2H3;2*1-2H3. The number of hydrogen-bond donors (Lipinski definition) is 2. The molecule has 0 bridgehead atoms. The van der Waals surface area contributed by atoms with Crippen LogP contribution in [-0.2, 0) is 5.75 Å². The van der Waals surface area contributed by atoms with Gasteiger partial charge in [0.2, 0.25) is 0 Å². The first-order chi connectivity index (χ1) is 11.1. The van der Waals surface area contributed by atoms with Crippen molar-refractivity contribution in [1.29, 1.82) is 5.41 Å². The van der Waals surface area contributed by atoms with Gasteiger partial charge in [-0.3, -0.25) is 0 Å². The Hall–Kier alpha value is -1.74. The van der Waals surface area contributed by atoms with Crippen LogP contribution in [0.3, 0.4) is 0 Å². The van der Waals surface area contributed by atoms with E-state index >= 15 is 0 Å². The minimum Gasteiger partial charge on any atom is -0.398 e. The number of nitrogens with one attached hydrogen (secondary N) is 1. The Bertz CT molecular complexity index is 592. The minimum absolute atomic E-state index is 0.521. The average molecular weight is 331 g/mol. The first-order valence-electron chi connectivity index (χ1n) is 8.20. The summed E-state index contributed by atoms with van der Waals surface area (Å²) in [5.41, 5.74) is 10.5. The summed E-state index contributed by atoms with van der Waals surface area (Å²) in [5.74, 6) is 0.893. The van der Waals surface area contributed by atoms with Crippen LogP contribution in [0.2, 0.25) is 0 Å². The Balaban J connectivity index is 0.00000112. The highest BCUT2D eigenvalue weighted by Crippen LogP contribution is 2.31. The van der Waals surface area contributed by atoms with E-state index in [2.05, 4.69) is 18.2 Å². The second-order valence-corrected chi connectivity index (χ2v) is 5.64. The van der Waals surface area contributed by atoms with Crippen molar-refractivity contribution in [2.75, 3.05) is 5.73 Å². The van der Waals surface area contributed by atoms with Gasteiger partial charge in [0.15, 0.2) is 0 Å². The highest BCUT2D eigenvalue weighted by molar-refractivity contribution is 7.98. The van der Waals surface area contributed by atoms with Crippen molar-refractivity contribution in [3.8, 4) is 0 Å². The van der Waals surface area contributed by atoms with E-state index in [-0.39, 0.29) is 0 Å². The lowest BCUT2D eigenvalue weighted by molar-refractivity contribution is 1.30. The van der Waals surface area contributed by atoms with Crippen LogP contribution in [0, 0.1) is 12.3 Å². The predicted octanol–water partition coefficient (Wildman–Crippen LogP) is 6.31. The molecule has 0 aliphatic carbocycles. The Morgan fingerprint density at radius 2 is 1.61 bits per heavy atom. The number of hydrogen-bond acceptors (Lipinski definition) is 3. The van der Waals surface area contributed by atoms with Crippen LogP contribution in [0.1, 0.15) is 51.3 Å². The van der Waals surface area contributed by atoms with Crippen LogP contribution in [0.25, 0.3) is 0 Å². The van der Waals surface area contributed by atoms with Crippen molar-refractivity contribution in [2.24, 2.45) is 0 Å². The number of thioether (sulfide) groups is 1. The molecule has 0 fully saturated rings. The van der Waals surface area contributed by atoms with E-state index in [1.165, 1.54) is 5.56 Å². The Labute approximate surface area is 146 Å². The number of aryl methyl sites for hydroxylation is 1. The first kappa shape index (κ1) is 21.3. The third-order valence-electron chi connectivity index (χ3n) is 2.89. The molecule has 0 saturated carbocycles. The molecule has 2 rings (SSSR count). The van der Waals surface area contributed by atoms with Gasteiger partial charge in [0.1, 0.15) is 0 Å². The molecular formula is C20H30N2S. The van der Waals surface area contributed by atoms with Gasteiger partial charge < -0.3 is 11.1 Å². The highest BCUT2D eigenvalue weighted by atomic mass is 32.2. The first-order valence-corrected chi connectivity index (χ1v) is 9.19. The van der Waals surface area contributed by atoms with Gasteiger partial charge in [-0.25, -0.2) is 0 Å². The summed E-state index contributed by atoms with van der Waals surface area (Å²) in [6.45, 7) is 11.8. The van der Waals surface area contributed by atoms with Gasteiger partial charge in [-0.2, -0.15) is 0 Å². The largest absolute Gasteiger partial charge is 0.398 e. The van der Waals surface area contributed by atoms with Crippen molar-refractivity contribution in [3.63, 3.8) is 0 Å². The SMILES string of the molecule is CC.CC.CC(=N)c1c(N)cc(C)cc1SCc1ccccc1. The van der Waals surface area contributed by atoms with E-state index in [1.807, 2.05) is 58.9 Å². The zero-order valence-electron chi connectivity index (χ0n) is 15.2. The fraction of sp³-hybridized carbons (Fsp3) is 0.350. The Morgan fingerprint density at radius 1 is 1.04 bits per heavy atom. The molecule has 2 nitrogen and oxygen atoms in total. The molecule has 0 radical (unpaired) electrons. The summed E-state index contributed by atoms with van der Waals surface area (Å²) in [7, 11) is 0. The van der Waals surface area contributed by atoms with Crippen molar-refractivity contribution in [1.82, 2.24) is 0 Å². The summed E-state index contributed by atoms with van der Waals surface area (Å²) >= 11 is 1.74. The van der Waals surface area contributed by atoms with Crippen LogP contribution >= 0.6 is 11.8 Å². The summed E-state index contributed by atoms with van der Waals surface area (Å²) < 4.78 is 0. The molecule has 0 aliphatic rings. The lowest BCUT2D eigenvalue weighted by Crippen LogP contribution is -2.03. The topological polar surface area (TPSA) is 49.9 Å². The molecule has 23 heavy (non-hydrogen) atoms. The van der Waals surface area contributed by atoms with Crippen molar-refractivity contribution < 1.29 is 0 Å². The lowest BCUT2D eigenvalue weighted by atomic mass is 10.1. The molecule has 2 aromatic carbocycles. The third-order valence-corrected chi connectivity index (χ3v) is 4.00. The van der Waals surface area contributed by atoms with Gasteiger partial charge in [-0.05, 0) is 37.1 Å². The van der Waals surface area contributed by atoms with Crippen LogP contribution in [0.5, 0.6) is 0 Å². The summed E-state index contributed by atoms with van der Waals surface area (Å²) in [4.78, 5) is 1.09. The van der Waals surface area contributed by atoms with Crippen molar-refractivity contribution >= 4 is 23.2 Å². The normalized spacial score (nSPS) is 9.13. The molecule has 0 unspecified atom stereocenters. The van der Waals surface area contributed by atoms with E-state index < -0.39 is 0 Å². The zero-order chi connectivity index (χ0) is 17.8. The highest BCUT2D eigenvalue weighted by Gasteiger charge is 2.10. The predicted molar refractivity (Wildman–Crippen MR) is 107 cm³/mol. The third kappa shape index (κ3) is 6.91. The maximum atomic E-state index is 7.88. The number of nitrogens with two attached hydrogens (primary N) is 1. The van der Waals surface area contributed by atoms with Gasteiger partial charge in [0, 0.05) is 27.6 Å². The molecule has 0 heterocycles. The number of nitrogen functional groups attached to an aromatic ring is 1. The summed E-state index contributed by atoms with van der Waals surface area (Å²) in [6.07, 6.45) is 0. The molecule has 3 heteroatoms. The Kier molecular flexibility index (Phi) is 10.9. The lowest BCUT2D eigenvalue weighted by Gasteiger charge is -2.12. The van der Waals surface area contributed by atoms with E-state index in [1.54, 1.807) is 18.7 Å². The van der Waals surface area contributed by atoms with E-state index in [4.69, 9.17) is 11.1 Å². The Morgan fingerprint density at radius 3 is 2.13 bits per heavy atom. The van der Waals surface area contributed by atoms with Crippen LogP contribution in [0.15, 0.2) is 47.4 Å². The molecule has 3 N–H and O–H groups in total. The van der Waals surface area contributed by atoms with Crippen molar-refractivity contribution in [2.45, 2.75) is 52.2 Å². The molecular weight excluding hydrogens is 300 g/mol. The second-order valence-electron chi connectivity index (χ2n) is 4.63. The monoisotopic (exact) mass is 330 g/mol. The number of benzene rings is 2. The van der Waals surface area contributed by atoms with E-state index in [0.29, 0.717) is 11.4 Å². The van der Waals surface area contributed by atoms with Crippen LogP contribution in [0.4, 0.5) is 5.69 Å². The fourth-order valence-electron chi connectivity index (χ4n) is 2.03. The van der Waals surface area contributed by atoms with Gasteiger partial charge in [-0.15, -0.1) is 11.8 Å². The summed E-state index contributed by atoms with van der Waals surface area (Å²) in [6, 6.07) is 14.4. The molecule has 0 saturated heterocycles. The van der Waals surface area contributed by atoms with Gasteiger partial charge in [-0.1, -0.05) is 58.0 Å². The van der Waals surface area contributed by atoms with E-state index in [0.717, 1.165) is 21.8 Å². The molecule has 2 aromatic rings. The van der Waals surface area contributed by atoms with Gasteiger partial charge in [0.05, 0.1) is 0 Å².